The second kappa shape index (κ2) is 74.4. The molecular weight excluding hydrogens is 1190 g/mol. The summed E-state index contributed by atoms with van der Waals surface area (Å²) in [7, 11) is 5.81. The summed E-state index contributed by atoms with van der Waals surface area (Å²) in [5.41, 5.74) is 0. The fourth-order valence-electron chi connectivity index (χ4n) is 3.42. The van der Waals surface area contributed by atoms with Crippen molar-refractivity contribution >= 4 is 0 Å². The molecule has 0 aromatic heterocycles. The van der Waals surface area contributed by atoms with Gasteiger partial charge in [-0.25, -0.2) is 0 Å². The van der Waals surface area contributed by atoms with Crippen LogP contribution in [0.4, 0.5) is 0 Å². The summed E-state index contributed by atoms with van der Waals surface area (Å²) in [5.74, 6) is 156. The van der Waals surface area contributed by atoms with E-state index in [1.165, 1.54) is 0 Å². The molecule has 0 aliphatic heterocycles. The van der Waals surface area contributed by atoms with Crippen LogP contribution in [0.5, 0.6) is 0 Å². The molecule has 10 nitrogen and oxygen atoms in total. The molecule has 0 saturated carbocycles. The number of terminal acetylenes is 4. The van der Waals surface area contributed by atoms with Crippen molar-refractivity contribution in [3.63, 3.8) is 0 Å². The maximum Gasteiger partial charge on any atom is 0.171 e. The lowest BCUT2D eigenvalue weighted by atomic mass is 10.4. The number of hydrogen-bond acceptors (Lipinski definition) is 9. The first-order valence-electron chi connectivity index (χ1n) is 24.4. The van der Waals surface area contributed by atoms with Crippen LogP contribution in [0.1, 0.15) is 91.3 Å². The standard InChI is InChI=1S/C42H16NO4.C41H13NO4.ClH.64H2/c1-5-7-9-11-13-15-17-19-21-23-25-27-29-31-33-35-39-44-46-41-37-43(3,4)38-42-47-45-40-36-34-32-30-28-26-24-22-20-18-16-14-12-10-8-6-2;1-4-6-8-10-12-14-16-18-20-22-24-26-28-30-32-34-38-43-45-40-36-42(3)37-41-46-44-39-35-33-31-29-27-25-23-21-19-17-15-13-11-9-7-5-2;;;;;;;;;;;;;;;;;;;;;;;;;;;;;;;;;;;;;;;;;;;;;;;;;;;;;;;;;;;;;;;;;/h1-2H,37-38,41-42H2,3-4H3;1-2H,36-37,40-41H2,3H3;65*1H/q+1;;;;;;;;;;;;;;;;;;;;;;;;;;;;;;;;;;;;;;;;;;;;;;;;;;;;;;;;;;;;;;;;;;/p-1. The number of hydrogen-bond donors (Lipinski definition) is 0. The van der Waals surface area contributed by atoms with Crippen LogP contribution >= 0.6 is 0 Å². The van der Waals surface area contributed by atoms with E-state index in [1.807, 2.05) is 26.0 Å². The molecule has 0 bridgehead atoms. The molecule has 0 aromatic carbocycles. The molecule has 0 amide bonds. The third-order valence-corrected chi connectivity index (χ3v) is 7.07. The molecule has 0 radical (unpaired) electrons. The van der Waals surface area contributed by atoms with Gasteiger partial charge in [-0.3, -0.25) is 19.6 Å². The maximum atomic E-state index is 5.02. The SMILES string of the molecule is C#CC#CC#CC#CC#CC#CC#CC#CC#COOCCN(C)CCOOC#CC#CC#CC#CC#CC#CC#CC#CC#C.C#CC#CC#CC#CC#CC#CC#CC#CC#COOCC[N+](C)(C)CCOOC#CC#CC#CC#CC#CC#CC#CC#CC#C.[Cl-].[HH].[HH].[HH].[HH].[HH].[HH].[HH].[HH].[HH].[HH].[HH].[HH].[HH].[HH].[HH].[HH].[HH].[HH].[HH].[HH].[HH].[HH].[HH].[HH].[HH].[HH].[HH].[HH].[HH].[HH].[HH].[HH].[HH].[HH].[HH].[HH].[HH].[HH].[HH].[HH].[HH].[HH].[HH].[HH].[HH].[HH].[HH].[HH].[HH].[HH].[HH].[HH].[HH].[HH].[HH].[HH].[HH].[HH].[HH].[HH].[HH].[HH].[HH].[HH]. The van der Waals surface area contributed by atoms with Crippen molar-refractivity contribution in [3.05, 3.63) is 0 Å². The molecule has 0 saturated heterocycles. The molecule has 0 aromatic rings. The Kier molecular flexibility index (Phi) is 64.6. The van der Waals surface area contributed by atoms with Crippen LogP contribution < -0.4 is 12.4 Å². The molecule has 554 valence electrons. The van der Waals surface area contributed by atoms with Crippen molar-refractivity contribution in [1.29, 1.82) is 0 Å². The number of likely N-dealkylation sites (N-methyl/N-ethyl adjacent to an activating group) is 2. The minimum absolute atomic E-state index is 0. The summed E-state index contributed by atoms with van der Waals surface area (Å²) >= 11 is 0. The van der Waals surface area contributed by atoms with E-state index < -0.39 is 0 Å². The predicted molar refractivity (Wildman–Crippen MR) is 487 cm³/mol. The third-order valence-electron chi connectivity index (χ3n) is 7.07. The summed E-state index contributed by atoms with van der Waals surface area (Å²) in [6.07, 6.45) is 28.9. The Morgan fingerprint density at radius 2 is 0.372 bits per heavy atom. The Morgan fingerprint density at radius 3 is 0.532 bits per heavy atom. The Balaban J connectivity index is -0.0000000114. The van der Waals surface area contributed by atoms with Gasteiger partial charge in [-0.2, -0.15) is 19.6 Å². The molecule has 0 heterocycles. The Morgan fingerprint density at radius 1 is 0.234 bits per heavy atom. The fraction of sp³-hybridized carbons (Fsp3) is 0.133. The lowest BCUT2D eigenvalue weighted by Gasteiger charge is -2.28. The highest BCUT2D eigenvalue weighted by molar-refractivity contribution is 5.51. The largest absolute Gasteiger partial charge is 1.00 e. The lowest BCUT2D eigenvalue weighted by molar-refractivity contribution is -0.892. The summed E-state index contributed by atoms with van der Waals surface area (Å²) < 4.78 is 0.557. The Labute approximate surface area is 655 Å². The van der Waals surface area contributed by atoms with Gasteiger partial charge in [0.1, 0.15) is 39.5 Å². The highest BCUT2D eigenvalue weighted by Crippen LogP contribution is 1.97. The smallest absolute Gasteiger partial charge is 0.171 e. The number of rotatable bonds is 16. The van der Waals surface area contributed by atoms with Crippen LogP contribution in [-0.2, 0) is 39.1 Å². The van der Waals surface area contributed by atoms with Crippen LogP contribution in [0.2, 0.25) is 0 Å². The van der Waals surface area contributed by atoms with E-state index in [2.05, 4.69) is 403 Å². The van der Waals surface area contributed by atoms with E-state index >= 15 is 0 Å². The van der Waals surface area contributed by atoms with Crippen LogP contribution in [0, 0.1) is 429 Å². The van der Waals surface area contributed by atoms with E-state index in [9.17, 15) is 0 Å². The van der Waals surface area contributed by atoms with Crippen molar-refractivity contribution < 1.29 is 147 Å². The van der Waals surface area contributed by atoms with Crippen LogP contribution in [0.3, 0.4) is 0 Å². The number of nitrogens with zero attached hydrogens (tertiary/aromatic N) is 2. The summed E-state index contributed by atoms with van der Waals surface area (Å²) in [4.78, 5) is 40.7. The molecule has 0 N–H and O–H groups in total. The normalized spacial score (nSPS) is 5.70. The van der Waals surface area contributed by atoms with E-state index in [1.54, 1.807) is 0 Å². The van der Waals surface area contributed by atoms with Crippen LogP contribution in [0.15, 0.2) is 0 Å². The van der Waals surface area contributed by atoms with E-state index in [4.69, 9.17) is 64.8 Å². The van der Waals surface area contributed by atoms with Crippen molar-refractivity contribution in [1.82, 2.24) is 4.90 Å². The first kappa shape index (κ1) is 81.6. The van der Waals surface area contributed by atoms with E-state index in [0.29, 0.717) is 30.7 Å². The van der Waals surface area contributed by atoms with Crippen LogP contribution in [0.25, 0.3) is 0 Å². The highest BCUT2D eigenvalue weighted by atomic mass is 35.5. The molecule has 0 atom stereocenters. The zero-order chi connectivity index (χ0) is 67.5. The average Bonchev–Trinajstić information content (AvgIpc) is 0.939. The van der Waals surface area contributed by atoms with Gasteiger partial charge in [0.15, 0.2) is 24.4 Å². The van der Waals surface area contributed by atoms with Crippen LogP contribution in [-0.4, -0.2) is 83.1 Å². The van der Waals surface area contributed by atoms with Gasteiger partial charge in [0.2, 0.25) is 0 Å². The van der Waals surface area contributed by atoms with Gasteiger partial charge in [0, 0.05) is 294 Å². The van der Waals surface area contributed by atoms with Crippen molar-refractivity contribution in [3.8, 4) is 429 Å². The molecule has 0 spiro atoms. The molecule has 0 rings (SSSR count). The van der Waals surface area contributed by atoms with E-state index in [-0.39, 0.29) is 130 Å². The Hall–Kier alpha value is -16.6. The topological polar surface area (TPSA) is 77.1 Å². The summed E-state index contributed by atoms with van der Waals surface area (Å²) in [5, 5.41) is 0. The fourth-order valence-corrected chi connectivity index (χ4v) is 3.42. The first-order chi connectivity index (χ1) is 45.9. The van der Waals surface area contributed by atoms with Gasteiger partial charge in [0.05, 0.1) is 14.1 Å². The second-order valence-corrected chi connectivity index (χ2v) is 13.8. The predicted octanol–water partition coefficient (Wildman–Crippen LogP) is 13.0. The zero-order valence-corrected chi connectivity index (χ0v) is 50.3. The zero-order valence-electron chi connectivity index (χ0n) is 49.5. The number of halogens is 1. The quantitative estimate of drug-likeness (QED) is 0.0494. The van der Waals surface area contributed by atoms with Gasteiger partial charge < -0.3 is 21.8 Å². The molecule has 0 aliphatic rings. The molecular formula is C83H157ClN2O8. The second-order valence-electron chi connectivity index (χ2n) is 13.8. The molecule has 0 aliphatic carbocycles. The first-order valence-corrected chi connectivity index (χ1v) is 24.4. The summed E-state index contributed by atoms with van der Waals surface area (Å²) in [6, 6.07) is 0. The molecule has 0 fully saturated rings. The van der Waals surface area contributed by atoms with E-state index in [0.717, 1.165) is 0 Å². The van der Waals surface area contributed by atoms with Crippen molar-refractivity contribution in [2.45, 2.75) is 0 Å². The van der Waals surface area contributed by atoms with Gasteiger partial charge in [-0.05, 0) is 197 Å². The minimum atomic E-state index is 0. The molecule has 11 heteroatoms. The monoisotopic (exact) mass is 1350 g/mol. The molecule has 94 heavy (non-hydrogen) atoms. The summed E-state index contributed by atoms with van der Waals surface area (Å²) in [6.45, 7) is 3.38. The number of quaternary nitrogens is 1. The van der Waals surface area contributed by atoms with Crippen molar-refractivity contribution in [2.75, 3.05) is 73.7 Å². The van der Waals surface area contributed by atoms with Gasteiger partial charge >= 0.3 is 0 Å². The molecule has 0 unspecified atom stereocenters. The average molecular weight is 1350 g/mol. The van der Waals surface area contributed by atoms with Gasteiger partial charge in [-0.15, -0.1) is 25.7 Å². The Bertz CT molecular complexity index is 5040. The van der Waals surface area contributed by atoms with Gasteiger partial charge in [-0.1, -0.05) is 0 Å². The van der Waals surface area contributed by atoms with Gasteiger partial charge in [0.25, 0.3) is 0 Å². The highest BCUT2D eigenvalue weighted by Gasteiger charge is 2.15. The van der Waals surface area contributed by atoms with Crippen molar-refractivity contribution in [2.24, 2.45) is 0 Å². The maximum absolute atomic E-state index is 5.02. The lowest BCUT2D eigenvalue weighted by Crippen LogP contribution is -3.00. The third kappa shape index (κ3) is 77.5. The minimum Gasteiger partial charge on any atom is -1.00 e.